The Hall–Kier alpha value is -1.10. The van der Waals surface area contributed by atoms with Gasteiger partial charge in [-0.25, -0.2) is 0 Å². The molecule has 0 aliphatic heterocycles. The van der Waals surface area contributed by atoms with Crippen LogP contribution in [0.4, 0.5) is 0 Å². The number of quaternary nitrogens is 1. The van der Waals surface area contributed by atoms with Crippen molar-refractivity contribution in [1.29, 1.82) is 0 Å². The van der Waals surface area contributed by atoms with Crippen LogP contribution in [-0.4, -0.2) is 28.2 Å². The lowest BCUT2D eigenvalue weighted by molar-refractivity contribution is -0.435. The molecule has 0 radical (unpaired) electrons. The Morgan fingerprint density at radius 1 is 1.31 bits per heavy atom. The highest BCUT2D eigenvalue weighted by molar-refractivity contribution is 5.74. The van der Waals surface area contributed by atoms with Crippen LogP contribution in [0.15, 0.2) is 0 Å². The van der Waals surface area contributed by atoms with Gasteiger partial charge in [0.25, 0.3) is 0 Å². The average Bonchev–Trinajstić information content (AvgIpc) is 2.15. The standard InChI is InChI=1S/C8H13NO4/c9-6-2-1-4(7(10)11)3-5(6)8(12)13/h4-6H,1-3,9H2,(H,10,11)(H,12,13)/p+1/t4-,5+,6+/m0/s1/i/hD3. The van der Waals surface area contributed by atoms with Crippen LogP contribution < -0.4 is 5.71 Å². The van der Waals surface area contributed by atoms with E-state index in [1.54, 1.807) is 0 Å². The van der Waals surface area contributed by atoms with Gasteiger partial charge in [-0.05, 0) is 12.8 Å². The second-order valence-corrected chi connectivity index (χ2v) is 3.36. The summed E-state index contributed by atoms with van der Waals surface area (Å²) in [5.41, 5.74) is -1.68. The molecule has 0 unspecified atom stereocenters. The fraction of sp³-hybridized carbons (Fsp3) is 0.750. The molecule has 0 spiro atoms. The predicted molar refractivity (Wildman–Crippen MR) is 42.8 cm³/mol. The maximum atomic E-state index is 10.9. The molecule has 74 valence electrons. The summed E-state index contributed by atoms with van der Waals surface area (Å²) in [5.74, 6) is -4.14. The van der Waals surface area contributed by atoms with E-state index >= 15 is 0 Å². The number of carbonyl (C=O) groups is 2. The summed E-state index contributed by atoms with van der Waals surface area (Å²) in [5, 5.41) is 17.7. The van der Waals surface area contributed by atoms with E-state index in [1.165, 1.54) is 0 Å². The Morgan fingerprint density at radius 3 is 2.46 bits per heavy atom. The first-order valence-corrected chi connectivity index (χ1v) is 4.16. The topological polar surface area (TPSA) is 102 Å². The van der Waals surface area contributed by atoms with Crippen molar-refractivity contribution in [3.63, 3.8) is 0 Å². The van der Waals surface area contributed by atoms with Gasteiger partial charge in [0.15, 0.2) is 0 Å². The van der Waals surface area contributed by atoms with Crippen LogP contribution in [-0.2, 0) is 9.59 Å². The summed E-state index contributed by atoms with van der Waals surface area (Å²) < 4.78 is 21.5. The van der Waals surface area contributed by atoms with Crippen molar-refractivity contribution in [2.24, 2.45) is 11.8 Å². The van der Waals surface area contributed by atoms with Gasteiger partial charge in [0.05, 0.1) is 12.0 Å². The van der Waals surface area contributed by atoms with Gasteiger partial charge in [-0.15, -0.1) is 0 Å². The number of hydrogen-bond donors (Lipinski definition) is 3. The first-order valence-electron chi connectivity index (χ1n) is 5.50. The van der Waals surface area contributed by atoms with Gasteiger partial charge >= 0.3 is 16.2 Å². The molecular weight excluding hydrogens is 174 g/mol. The van der Waals surface area contributed by atoms with E-state index in [-0.39, 0.29) is 19.3 Å². The zero-order chi connectivity index (χ0) is 12.5. The molecular formula is C8H14NO4+. The molecule has 0 aromatic heterocycles. The number of aliphatic carboxylic acids is 2. The van der Waals surface area contributed by atoms with Crippen LogP contribution in [0.2, 0.25) is 4.24 Å². The van der Waals surface area contributed by atoms with E-state index in [2.05, 4.69) is 0 Å². The van der Waals surface area contributed by atoms with Crippen molar-refractivity contribution in [1.82, 2.24) is 0 Å². The summed E-state index contributed by atoms with van der Waals surface area (Å²) in [6.45, 7) is 0. The maximum Gasteiger partial charge on any atom is 0.344 e. The molecule has 0 aromatic carbocycles. The summed E-state index contributed by atoms with van der Waals surface area (Å²) in [7, 11) is 0. The molecule has 13 heavy (non-hydrogen) atoms. The molecule has 1 aliphatic carbocycles. The van der Waals surface area contributed by atoms with Gasteiger partial charge in [-0.2, -0.15) is 0 Å². The van der Waals surface area contributed by atoms with E-state index in [0.29, 0.717) is 0 Å². The van der Waals surface area contributed by atoms with Crippen molar-refractivity contribution in [3.8, 4) is 0 Å². The smallest absolute Gasteiger partial charge is 0.344 e. The first-order chi connectivity index (χ1) is 7.23. The fourth-order valence-corrected chi connectivity index (χ4v) is 1.64. The van der Waals surface area contributed by atoms with E-state index in [4.69, 9.17) is 14.4 Å². The molecule has 0 bridgehead atoms. The summed E-state index contributed by atoms with van der Waals surface area (Å²) in [6, 6.07) is -0.993. The van der Waals surface area contributed by atoms with Gasteiger partial charge in [0.2, 0.25) is 0 Å². The first kappa shape index (κ1) is 6.37. The molecule has 1 aliphatic rings. The minimum Gasteiger partial charge on any atom is -0.481 e. The summed E-state index contributed by atoms with van der Waals surface area (Å²) in [6.07, 6.45) is 0.219. The van der Waals surface area contributed by atoms with Crippen molar-refractivity contribution in [2.75, 3.05) is 0 Å². The zero-order valence-corrected chi connectivity index (χ0v) is 7.01. The fourth-order valence-electron chi connectivity index (χ4n) is 1.64. The van der Waals surface area contributed by atoms with E-state index in [0.717, 1.165) is 0 Å². The molecule has 0 heterocycles. The number of rotatable bonds is 3. The lowest BCUT2D eigenvalue weighted by atomic mass is 9.78. The van der Waals surface area contributed by atoms with Crippen molar-refractivity contribution in [2.45, 2.75) is 25.3 Å². The predicted octanol–water partition coefficient (Wildman–Crippen LogP) is -0.818. The van der Waals surface area contributed by atoms with E-state index in [1.807, 2.05) is 0 Å². The lowest BCUT2D eigenvalue weighted by Crippen LogP contribution is -2.67. The second-order valence-electron chi connectivity index (χ2n) is 3.36. The normalized spacial score (nSPS) is 38.5. The van der Waals surface area contributed by atoms with Gasteiger partial charge < -0.3 is 15.9 Å². The zero-order valence-electron chi connectivity index (χ0n) is 10.0. The van der Waals surface area contributed by atoms with Crippen LogP contribution in [0.25, 0.3) is 0 Å². The largest absolute Gasteiger partial charge is 0.481 e. The number of carboxylic acids is 2. The Kier molecular flexibility index (Phi) is 1.83. The highest BCUT2D eigenvalue weighted by Crippen LogP contribution is 2.27. The molecule has 5 N–H and O–H groups in total. The lowest BCUT2D eigenvalue weighted by Gasteiger charge is -2.26. The minimum absolute atomic E-state index is 0.102. The van der Waals surface area contributed by atoms with Gasteiger partial charge in [-0.1, -0.05) is 0 Å². The van der Waals surface area contributed by atoms with Crippen molar-refractivity contribution < 1.29 is 29.8 Å². The van der Waals surface area contributed by atoms with Gasteiger partial charge in [0, 0.05) is 6.42 Å². The second kappa shape index (κ2) is 3.74. The highest BCUT2D eigenvalue weighted by atomic mass is 16.4. The SMILES string of the molecule is [2H][N+]([2H])([2H])[C@@H]1CC[C@H](C(=O)O)C[C@H]1C(=O)O. The molecule has 0 amide bonds. The Labute approximate surface area is 79.9 Å². The number of hydrogen-bond acceptors (Lipinski definition) is 2. The Morgan fingerprint density at radius 2 is 2.00 bits per heavy atom. The van der Waals surface area contributed by atoms with Crippen molar-refractivity contribution in [3.05, 3.63) is 0 Å². The van der Waals surface area contributed by atoms with E-state index in [9.17, 15) is 9.59 Å². The number of carboxylic acid groups (broad SMARTS) is 2. The third-order valence-corrected chi connectivity index (χ3v) is 2.48. The Bertz CT molecular complexity index is 304. The third kappa shape index (κ3) is 2.18. The summed E-state index contributed by atoms with van der Waals surface area (Å²) in [4.78, 5) is 21.7. The molecule has 0 aromatic rings. The van der Waals surface area contributed by atoms with Gasteiger partial charge in [0.1, 0.15) is 5.92 Å². The minimum atomic E-state index is -1.68. The third-order valence-electron chi connectivity index (χ3n) is 2.48. The van der Waals surface area contributed by atoms with Crippen LogP contribution >= 0.6 is 0 Å². The highest BCUT2D eigenvalue weighted by Gasteiger charge is 2.38. The molecule has 5 heteroatoms. The average molecular weight is 191 g/mol. The van der Waals surface area contributed by atoms with Crippen LogP contribution in [0.1, 0.15) is 19.3 Å². The van der Waals surface area contributed by atoms with Gasteiger partial charge in [-0.3, -0.25) is 9.59 Å². The quantitative estimate of drug-likeness (QED) is 0.542. The molecule has 1 saturated carbocycles. The molecule has 1 fully saturated rings. The molecule has 3 atom stereocenters. The molecule has 1 rings (SSSR count). The van der Waals surface area contributed by atoms with Crippen molar-refractivity contribution >= 4 is 11.9 Å². The molecule has 5 nitrogen and oxygen atoms in total. The van der Waals surface area contributed by atoms with E-state index < -0.39 is 35.5 Å². The van der Waals surface area contributed by atoms with Crippen LogP contribution in [0.5, 0.6) is 0 Å². The van der Waals surface area contributed by atoms with Crippen LogP contribution in [0, 0.1) is 11.8 Å². The Balaban J connectivity index is 2.84. The molecule has 0 saturated heterocycles. The monoisotopic (exact) mass is 191 g/mol. The summed E-state index contributed by atoms with van der Waals surface area (Å²) >= 11 is 0. The van der Waals surface area contributed by atoms with Crippen LogP contribution in [0.3, 0.4) is 0 Å². The maximum absolute atomic E-state index is 10.9.